The summed E-state index contributed by atoms with van der Waals surface area (Å²) < 4.78 is 33.5. The number of hydrogen-bond acceptors (Lipinski definition) is 4. The molecule has 0 unspecified atom stereocenters. The number of amides is 1. The first kappa shape index (κ1) is 22.3. The van der Waals surface area contributed by atoms with Gasteiger partial charge in [-0.2, -0.15) is 4.31 Å². The van der Waals surface area contributed by atoms with Crippen LogP contribution in [0, 0.1) is 33.6 Å². The van der Waals surface area contributed by atoms with Crippen LogP contribution in [-0.2, 0) is 14.8 Å². The molecule has 2 aromatic carbocycles. The van der Waals surface area contributed by atoms with Crippen molar-refractivity contribution in [1.29, 1.82) is 0 Å². The van der Waals surface area contributed by atoms with Crippen LogP contribution < -0.4 is 10.1 Å². The van der Waals surface area contributed by atoms with E-state index in [1.54, 1.807) is 13.2 Å². The summed E-state index contributed by atoms with van der Waals surface area (Å²) in [7, 11) is -2.02. The lowest BCUT2D eigenvalue weighted by molar-refractivity contribution is -0.120. The van der Waals surface area contributed by atoms with E-state index >= 15 is 0 Å². The predicted octanol–water partition coefficient (Wildman–Crippen LogP) is 3.97. The van der Waals surface area contributed by atoms with Crippen LogP contribution in [0.2, 0.25) is 0 Å². The van der Waals surface area contributed by atoms with E-state index in [2.05, 4.69) is 5.32 Å². The Balaban J connectivity index is 1.71. The first-order valence-electron chi connectivity index (χ1n) is 10.2. The zero-order valence-corrected chi connectivity index (χ0v) is 19.1. The van der Waals surface area contributed by atoms with E-state index in [9.17, 15) is 13.2 Å². The second-order valence-corrected chi connectivity index (χ2v) is 9.86. The molecule has 162 valence electrons. The number of aryl methyl sites for hydroxylation is 2. The summed E-state index contributed by atoms with van der Waals surface area (Å²) in [6.07, 6.45) is 0.996. The molecule has 0 aliphatic carbocycles. The van der Waals surface area contributed by atoms with Crippen molar-refractivity contribution in [3.05, 3.63) is 52.6 Å². The number of piperidine rings is 1. The van der Waals surface area contributed by atoms with E-state index < -0.39 is 10.0 Å². The van der Waals surface area contributed by atoms with Crippen molar-refractivity contribution in [2.45, 2.75) is 45.4 Å². The van der Waals surface area contributed by atoms with Crippen LogP contribution in [0.15, 0.2) is 35.2 Å². The first-order valence-corrected chi connectivity index (χ1v) is 11.6. The molecule has 0 spiro atoms. The summed E-state index contributed by atoms with van der Waals surface area (Å²) in [5.74, 6) is 0.371. The van der Waals surface area contributed by atoms with Crippen molar-refractivity contribution in [2.24, 2.45) is 5.92 Å². The predicted molar refractivity (Wildman–Crippen MR) is 118 cm³/mol. The van der Waals surface area contributed by atoms with Crippen molar-refractivity contribution in [2.75, 3.05) is 25.5 Å². The Morgan fingerprint density at radius 1 is 1.03 bits per heavy atom. The fourth-order valence-corrected chi connectivity index (χ4v) is 6.05. The highest BCUT2D eigenvalue weighted by molar-refractivity contribution is 7.89. The molecule has 1 aliphatic heterocycles. The smallest absolute Gasteiger partial charge is 0.243 e. The lowest BCUT2D eigenvalue weighted by atomic mass is 9.97. The van der Waals surface area contributed by atoms with Crippen LogP contribution in [0.5, 0.6) is 5.75 Å². The molecule has 3 rings (SSSR count). The summed E-state index contributed by atoms with van der Waals surface area (Å²) in [5, 5.41) is 2.92. The average molecular weight is 431 g/mol. The maximum Gasteiger partial charge on any atom is 0.243 e. The molecule has 0 radical (unpaired) electrons. The van der Waals surface area contributed by atoms with Crippen LogP contribution in [0.4, 0.5) is 5.69 Å². The number of sulfonamides is 1. The number of nitrogens with one attached hydrogen (secondary N) is 1. The quantitative estimate of drug-likeness (QED) is 0.779. The molecular weight excluding hydrogens is 400 g/mol. The highest BCUT2D eigenvalue weighted by atomic mass is 32.2. The number of ether oxygens (including phenoxy) is 1. The monoisotopic (exact) mass is 430 g/mol. The summed E-state index contributed by atoms with van der Waals surface area (Å²) in [6.45, 7) is 8.28. The Morgan fingerprint density at radius 3 is 2.20 bits per heavy atom. The molecule has 1 N–H and O–H groups in total. The third-order valence-corrected chi connectivity index (χ3v) is 8.23. The van der Waals surface area contributed by atoms with Crippen LogP contribution in [-0.4, -0.2) is 38.8 Å². The highest BCUT2D eigenvalue weighted by Gasteiger charge is 2.34. The minimum atomic E-state index is -3.60. The molecule has 0 aromatic heterocycles. The number of hydrogen-bond donors (Lipinski definition) is 1. The molecule has 0 saturated carbocycles. The summed E-state index contributed by atoms with van der Waals surface area (Å²) in [5.41, 5.74) is 4.23. The van der Waals surface area contributed by atoms with Gasteiger partial charge in [-0.3, -0.25) is 4.79 Å². The minimum Gasteiger partial charge on any atom is -0.497 e. The van der Waals surface area contributed by atoms with Gasteiger partial charge in [0, 0.05) is 30.8 Å². The maximum atomic E-state index is 13.4. The van der Waals surface area contributed by atoms with Crippen molar-refractivity contribution in [3.63, 3.8) is 0 Å². The summed E-state index contributed by atoms with van der Waals surface area (Å²) >= 11 is 0. The lowest BCUT2D eigenvalue weighted by Gasteiger charge is -2.31. The standard InChI is InChI=1S/C23H30N2O4S/c1-15-13-16(2)18(4)22(17(15)3)30(27,28)25-11-9-19(10-12-25)23(26)24-20-7-6-8-21(14-20)29-5/h6-8,13-14,19H,9-12H2,1-5H3,(H,24,26). The molecule has 1 fully saturated rings. The average Bonchev–Trinajstić information content (AvgIpc) is 2.72. The fraction of sp³-hybridized carbons (Fsp3) is 0.435. The van der Waals surface area contributed by atoms with Gasteiger partial charge < -0.3 is 10.1 Å². The fourth-order valence-electron chi connectivity index (χ4n) is 4.00. The molecule has 30 heavy (non-hydrogen) atoms. The summed E-state index contributed by atoms with van der Waals surface area (Å²) in [4.78, 5) is 13.1. The summed E-state index contributed by atoms with van der Waals surface area (Å²) in [6, 6.07) is 9.24. The second-order valence-electron chi connectivity index (χ2n) is 7.99. The van der Waals surface area contributed by atoms with E-state index in [-0.39, 0.29) is 11.8 Å². The maximum absolute atomic E-state index is 13.4. The van der Waals surface area contributed by atoms with Gasteiger partial charge in [0.1, 0.15) is 5.75 Å². The van der Waals surface area contributed by atoms with Crippen molar-refractivity contribution >= 4 is 21.6 Å². The minimum absolute atomic E-state index is 0.0842. The Morgan fingerprint density at radius 2 is 1.63 bits per heavy atom. The van der Waals surface area contributed by atoms with Crippen molar-refractivity contribution < 1.29 is 17.9 Å². The van der Waals surface area contributed by atoms with E-state index in [4.69, 9.17) is 4.74 Å². The number of methoxy groups -OCH3 is 1. The first-order chi connectivity index (χ1) is 14.1. The Hall–Kier alpha value is -2.38. The van der Waals surface area contributed by atoms with Gasteiger partial charge in [0.05, 0.1) is 12.0 Å². The van der Waals surface area contributed by atoms with Crippen LogP contribution >= 0.6 is 0 Å². The Labute approximate surface area is 179 Å². The van der Waals surface area contributed by atoms with E-state index in [0.29, 0.717) is 42.3 Å². The molecule has 0 bridgehead atoms. The van der Waals surface area contributed by atoms with Gasteiger partial charge in [-0.05, 0) is 74.9 Å². The number of carbonyl (C=O) groups is 1. The van der Waals surface area contributed by atoms with Crippen LogP contribution in [0.3, 0.4) is 0 Å². The molecule has 1 saturated heterocycles. The SMILES string of the molecule is COc1cccc(NC(=O)C2CCN(S(=O)(=O)c3c(C)c(C)cc(C)c3C)CC2)c1. The number of benzene rings is 2. The van der Waals surface area contributed by atoms with Gasteiger partial charge in [0.2, 0.25) is 15.9 Å². The third kappa shape index (κ3) is 4.37. The normalized spacial score (nSPS) is 15.8. The van der Waals surface area contributed by atoms with Gasteiger partial charge in [-0.1, -0.05) is 12.1 Å². The van der Waals surface area contributed by atoms with Gasteiger partial charge in [-0.15, -0.1) is 0 Å². The van der Waals surface area contributed by atoms with Crippen molar-refractivity contribution in [1.82, 2.24) is 4.31 Å². The van der Waals surface area contributed by atoms with Crippen molar-refractivity contribution in [3.8, 4) is 5.75 Å². The molecule has 1 heterocycles. The van der Waals surface area contributed by atoms with Gasteiger partial charge in [0.15, 0.2) is 0 Å². The number of carbonyl (C=O) groups excluding carboxylic acids is 1. The van der Waals surface area contributed by atoms with E-state index in [1.807, 2.05) is 52.0 Å². The van der Waals surface area contributed by atoms with Crippen LogP contribution in [0.25, 0.3) is 0 Å². The van der Waals surface area contributed by atoms with E-state index in [1.165, 1.54) is 4.31 Å². The molecule has 1 amide bonds. The lowest BCUT2D eigenvalue weighted by Crippen LogP contribution is -2.41. The second kappa shape index (κ2) is 8.78. The van der Waals surface area contributed by atoms with Gasteiger partial charge >= 0.3 is 0 Å². The number of nitrogens with zero attached hydrogens (tertiary/aromatic N) is 1. The highest BCUT2D eigenvalue weighted by Crippen LogP contribution is 2.31. The zero-order chi connectivity index (χ0) is 22.1. The molecule has 7 heteroatoms. The molecule has 6 nitrogen and oxygen atoms in total. The zero-order valence-electron chi connectivity index (χ0n) is 18.3. The van der Waals surface area contributed by atoms with Crippen LogP contribution in [0.1, 0.15) is 35.1 Å². The molecule has 1 aliphatic rings. The molecule has 0 atom stereocenters. The number of anilines is 1. The Kier molecular flexibility index (Phi) is 6.53. The van der Waals surface area contributed by atoms with Gasteiger partial charge in [-0.25, -0.2) is 8.42 Å². The topological polar surface area (TPSA) is 75.7 Å². The van der Waals surface area contributed by atoms with Gasteiger partial charge in [0.25, 0.3) is 0 Å². The molecule has 2 aromatic rings. The third-order valence-electron chi connectivity index (χ3n) is 6.06. The Bertz CT molecular complexity index is 1030. The largest absolute Gasteiger partial charge is 0.497 e. The van der Waals surface area contributed by atoms with E-state index in [0.717, 1.165) is 22.3 Å². The number of rotatable bonds is 5. The molecular formula is C23H30N2O4S.